The van der Waals surface area contributed by atoms with Gasteiger partial charge < -0.3 is 19.6 Å². The predicted octanol–water partition coefficient (Wildman–Crippen LogP) is 2.26. The highest BCUT2D eigenvalue weighted by molar-refractivity contribution is 5.86. The molecule has 0 bridgehead atoms. The number of hydrogen-bond acceptors (Lipinski definition) is 5. The number of phenolic OH excluding ortho intramolecular Hbond substituents is 1. The first kappa shape index (κ1) is 14.7. The molecule has 1 fully saturated rings. The van der Waals surface area contributed by atoms with E-state index < -0.39 is 0 Å². The highest BCUT2D eigenvalue weighted by atomic mass is 16.5. The largest absolute Gasteiger partial charge is 0.507 e. The number of rotatable bonds is 4. The summed E-state index contributed by atoms with van der Waals surface area (Å²) in [6, 6.07) is 3.56. The van der Waals surface area contributed by atoms with E-state index in [0.29, 0.717) is 17.7 Å². The van der Waals surface area contributed by atoms with Crippen LogP contribution < -0.4 is 10.9 Å². The van der Waals surface area contributed by atoms with Crippen LogP contribution in [0.2, 0.25) is 0 Å². The van der Waals surface area contributed by atoms with Gasteiger partial charge >= 0.3 is 5.63 Å². The summed E-state index contributed by atoms with van der Waals surface area (Å²) in [5.74, 6) is 0.165. The average molecular weight is 315 g/mol. The number of nitrogens with one attached hydrogen (secondary N) is 1. The van der Waals surface area contributed by atoms with Crippen LogP contribution in [0.4, 0.5) is 0 Å². The van der Waals surface area contributed by atoms with Gasteiger partial charge in [-0.05, 0) is 49.8 Å². The van der Waals surface area contributed by atoms with Crippen LogP contribution in [0.25, 0.3) is 11.0 Å². The Hall–Kier alpha value is -1.85. The average Bonchev–Trinajstić information content (AvgIpc) is 3.21. The first-order valence-electron chi connectivity index (χ1n) is 8.36. The minimum absolute atomic E-state index is 0.165. The molecule has 1 atom stereocenters. The van der Waals surface area contributed by atoms with Gasteiger partial charge in [-0.2, -0.15) is 0 Å². The molecule has 122 valence electrons. The van der Waals surface area contributed by atoms with Crippen molar-refractivity contribution in [3.8, 4) is 5.75 Å². The number of aryl methyl sites for hydroxylation is 1. The maximum Gasteiger partial charge on any atom is 0.339 e. The molecule has 2 aromatic rings. The smallest absolute Gasteiger partial charge is 0.339 e. The van der Waals surface area contributed by atoms with Crippen molar-refractivity contribution in [2.24, 2.45) is 0 Å². The van der Waals surface area contributed by atoms with Crippen LogP contribution in [0, 0.1) is 0 Å². The van der Waals surface area contributed by atoms with Gasteiger partial charge in [0.1, 0.15) is 11.3 Å². The number of benzene rings is 1. The highest BCUT2D eigenvalue weighted by Gasteiger charge is 2.22. The molecule has 5 nitrogen and oxygen atoms in total. The van der Waals surface area contributed by atoms with Crippen LogP contribution in [-0.4, -0.2) is 24.4 Å². The second-order valence-corrected chi connectivity index (χ2v) is 6.41. The molecule has 2 heterocycles. The van der Waals surface area contributed by atoms with E-state index in [1.165, 1.54) is 0 Å². The van der Waals surface area contributed by atoms with Crippen LogP contribution in [0.5, 0.6) is 5.75 Å². The Bertz CT molecular complexity index is 790. The van der Waals surface area contributed by atoms with Gasteiger partial charge in [-0.3, -0.25) is 0 Å². The predicted molar refractivity (Wildman–Crippen MR) is 86.9 cm³/mol. The summed E-state index contributed by atoms with van der Waals surface area (Å²) in [5, 5.41) is 14.5. The third-order valence-corrected chi connectivity index (χ3v) is 4.92. The molecular formula is C18H21NO4. The molecular weight excluding hydrogens is 294 g/mol. The van der Waals surface area contributed by atoms with Crippen LogP contribution in [0.15, 0.2) is 21.3 Å². The van der Waals surface area contributed by atoms with Crippen molar-refractivity contribution in [3.63, 3.8) is 0 Å². The molecule has 4 rings (SSSR count). The van der Waals surface area contributed by atoms with Crippen molar-refractivity contribution in [1.82, 2.24) is 5.32 Å². The van der Waals surface area contributed by atoms with E-state index >= 15 is 0 Å². The summed E-state index contributed by atoms with van der Waals surface area (Å²) < 4.78 is 11.1. The number of hydrogen-bond donors (Lipinski definition) is 2. The molecule has 0 radical (unpaired) electrons. The third kappa shape index (κ3) is 2.64. The van der Waals surface area contributed by atoms with Gasteiger partial charge in [-0.25, -0.2) is 4.79 Å². The molecule has 1 aliphatic heterocycles. The Balaban J connectivity index is 1.66. The summed E-state index contributed by atoms with van der Waals surface area (Å²) in [5.41, 5.74) is 2.83. The van der Waals surface area contributed by atoms with Crippen LogP contribution in [-0.2, 0) is 24.1 Å². The lowest BCUT2D eigenvalue weighted by Crippen LogP contribution is -2.26. The van der Waals surface area contributed by atoms with E-state index in [4.69, 9.17) is 9.15 Å². The van der Waals surface area contributed by atoms with Crippen LogP contribution in [0.3, 0.4) is 0 Å². The van der Waals surface area contributed by atoms with Gasteiger partial charge in [0.25, 0.3) is 0 Å². The van der Waals surface area contributed by atoms with Gasteiger partial charge in [0.15, 0.2) is 0 Å². The molecule has 0 spiro atoms. The van der Waals surface area contributed by atoms with Gasteiger partial charge in [-0.1, -0.05) is 0 Å². The van der Waals surface area contributed by atoms with E-state index in [-0.39, 0.29) is 17.5 Å². The molecule has 2 N–H and O–H groups in total. The fourth-order valence-corrected chi connectivity index (χ4v) is 3.73. The molecule has 1 saturated heterocycles. The number of fused-ring (bicyclic) bond motifs is 3. The normalized spacial score (nSPS) is 20.3. The molecule has 5 heteroatoms. The van der Waals surface area contributed by atoms with E-state index in [9.17, 15) is 9.90 Å². The fourth-order valence-electron chi connectivity index (χ4n) is 3.73. The lowest BCUT2D eigenvalue weighted by atomic mass is 10.0. The molecule has 1 unspecified atom stereocenters. The molecule has 1 aromatic carbocycles. The Morgan fingerprint density at radius 3 is 2.91 bits per heavy atom. The Morgan fingerprint density at radius 1 is 1.22 bits per heavy atom. The summed E-state index contributed by atoms with van der Waals surface area (Å²) in [4.78, 5) is 12.2. The van der Waals surface area contributed by atoms with Crippen molar-refractivity contribution in [2.75, 3.05) is 13.2 Å². The maximum absolute atomic E-state index is 12.2. The maximum atomic E-state index is 12.2. The molecule has 1 aliphatic carbocycles. The SMILES string of the molecule is O=c1oc2c(CNCC3CCCO3)c(O)ccc2c2c1CCC2. The fraction of sp³-hybridized carbons (Fsp3) is 0.500. The van der Waals surface area contributed by atoms with Gasteiger partial charge in [0, 0.05) is 30.6 Å². The summed E-state index contributed by atoms with van der Waals surface area (Å²) in [7, 11) is 0. The van der Waals surface area contributed by atoms with Gasteiger partial charge in [0.05, 0.1) is 11.7 Å². The molecule has 0 amide bonds. The summed E-state index contributed by atoms with van der Waals surface area (Å²) in [6.07, 6.45) is 5.10. The Morgan fingerprint density at radius 2 is 2.09 bits per heavy atom. The zero-order valence-electron chi connectivity index (χ0n) is 13.1. The molecule has 23 heavy (non-hydrogen) atoms. The van der Waals surface area contributed by atoms with E-state index in [1.54, 1.807) is 6.07 Å². The standard InChI is InChI=1S/C18H21NO4/c20-16-7-6-13-12-4-1-5-14(12)18(21)23-17(13)15(16)10-19-9-11-3-2-8-22-11/h6-7,11,19-20H,1-5,8-10H2. The summed E-state index contributed by atoms with van der Waals surface area (Å²) in [6.45, 7) is 2.03. The van der Waals surface area contributed by atoms with Crippen LogP contribution in [0.1, 0.15) is 36.0 Å². The first-order valence-corrected chi connectivity index (χ1v) is 8.36. The van der Waals surface area contributed by atoms with Gasteiger partial charge in [0.2, 0.25) is 0 Å². The third-order valence-electron chi connectivity index (χ3n) is 4.92. The lowest BCUT2D eigenvalue weighted by Gasteiger charge is -2.13. The van der Waals surface area contributed by atoms with Crippen molar-refractivity contribution < 1.29 is 14.3 Å². The molecule has 2 aliphatic rings. The minimum atomic E-state index is -0.254. The van der Waals surface area contributed by atoms with E-state index in [1.807, 2.05) is 6.07 Å². The van der Waals surface area contributed by atoms with Crippen molar-refractivity contribution in [3.05, 3.63) is 39.2 Å². The number of aromatic hydroxyl groups is 1. The van der Waals surface area contributed by atoms with Crippen molar-refractivity contribution in [2.45, 2.75) is 44.8 Å². The second kappa shape index (κ2) is 5.98. The van der Waals surface area contributed by atoms with Crippen LogP contribution >= 0.6 is 0 Å². The number of ether oxygens (including phenoxy) is 1. The molecule has 0 saturated carbocycles. The first-order chi connectivity index (χ1) is 11.2. The minimum Gasteiger partial charge on any atom is -0.507 e. The van der Waals surface area contributed by atoms with Crippen molar-refractivity contribution >= 4 is 11.0 Å². The monoisotopic (exact) mass is 315 g/mol. The number of phenols is 1. The highest BCUT2D eigenvalue weighted by Crippen LogP contribution is 2.32. The Kier molecular flexibility index (Phi) is 3.83. The lowest BCUT2D eigenvalue weighted by molar-refractivity contribution is 0.110. The zero-order valence-corrected chi connectivity index (χ0v) is 13.1. The Labute approximate surface area is 134 Å². The quantitative estimate of drug-likeness (QED) is 0.847. The van der Waals surface area contributed by atoms with Gasteiger partial charge in [-0.15, -0.1) is 0 Å². The van der Waals surface area contributed by atoms with Crippen molar-refractivity contribution in [1.29, 1.82) is 0 Å². The molecule has 1 aromatic heterocycles. The zero-order chi connectivity index (χ0) is 15.8. The van der Waals surface area contributed by atoms with E-state index in [0.717, 1.165) is 61.8 Å². The summed E-state index contributed by atoms with van der Waals surface area (Å²) >= 11 is 0. The second-order valence-electron chi connectivity index (χ2n) is 6.41. The van der Waals surface area contributed by atoms with E-state index in [2.05, 4.69) is 5.32 Å². The topological polar surface area (TPSA) is 71.7 Å².